The van der Waals surface area contributed by atoms with Crippen molar-refractivity contribution in [1.29, 1.82) is 0 Å². The standard InChI is InChI=1S/C24H19BrN4O3/c25-18-11-9-17(10-12-18)22-26-23(32-27-22)19-7-4-13-28(24(19)31)15-21(30)29-14-3-6-16-5-1-2-8-20(16)29/h1-2,4-5,7-13H,3,6,14-15H2. The summed E-state index contributed by atoms with van der Waals surface area (Å²) in [4.78, 5) is 32.3. The van der Waals surface area contributed by atoms with Crippen LogP contribution in [0, 0.1) is 0 Å². The number of fused-ring (bicyclic) bond motifs is 1. The predicted molar refractivity (Wildman–Crippen MR) is 124 cm³/mol. The van der Waals surface area contributed by atoms with E-state index in [4.69, 9.17) is 4.52 Å². The highest BCUT2D eigenvalue weighted by Crippen LogP contribution is 2.27. The fourth-order valence-corrected chi connectivity index (χ4v) is 4.16. The lowest BCUT2D eigenvalue weighted by atomic mass is 10.0. The highest BCUT2D eigenvalue weighted by molar-refractivity contribution is 9.10. The quantitative estimate of drug-likeness (QED) is 0.425. The maximum absolute atomic E-state index is 13.1. The minimum absolute atomic E-state index is 0.0608. The molecule has 0 unspecified atom stereocenters. The maximum Gasteiger partial charge on any atom is 0.263 e. The summed E-state index contributed by atoms with van der Waals surface area (Å²) in [6, 6.07) is 18.7. The normalized spacial score (nSPS) is 13.1. The summed E-state index contributed by atoms with van der Waals surface area (Å²) in [6.07, 6.45) is 3.46. The Hall–Kier alpha value is -3.52. The van der Waals surface area contributed by atoms with Crippen molar-refractivity contribution in [1.82, 2.24) is 14.7 Å². The number of carbonyl (C=O) groups is 1. The second-order valence-electron chi connectivity index (χ2n) is 7.56. The van der Waals surface area contributed by atoms with Crippen LogP contribution in [-0.4, -0.2) is 27.2 Å². The number of benzene rings is 2. The first-order chi connectivity index (χ1) is 15.6. The zero-order valence-corrected chi connectivity index (χ0v) is 18.7. The third kappa shape index (κ3) is 3.89. The van der Waals surface area contributed by atoms with Crippen LogP contribution in [-0.2, 0) is 17.8 Å². The molecule has 2 aromatic carbocycles. The van der Waals surface area contributed by atoms with Gasteiger partial charge in [-0.05, 0) is 60.9 Å². The van der Waals surface area contributed by atoms with Crippen molar-refractivity contribution in [3.8, 4) is 22.8 Å². The first kappa shape index (κ1) is 20.4. The number of aryl methyl sites for hydroxylation is 1. The van der Waals surface area contributed by atoms with E-state index in [0.717, 1.165) is 34.1 Å². The molecule has 2 aromatic heterocycles. The highest BCUT2D eigenvalue weighted by atomic mass is 79.9. The van der Waals surface area contributed by atoms with Crippen molar-refractivity contribution < 1.29 is 9.32 Å². The lowest BCUT2D eigenvalue weighted by molar-refractivity contribution is -0.119. The van der Waals surface area contributed by atoms with E-state index in [1.807, 2.05) is 48.5 Å². The Balaban J connectivity index is 1.41. The number of carbonyl (C=O) groups excluding carboxylic acids is 1. The molecule has 4 aromatic rings. The van der Waals surface area contributed by atoms with Gasteiger partial charge in [-0.1, -0.05) is 39.3 Å². The maximum atomic E-state index is 13.1. The first-order valence-electron chi connectivity index (χ1n) is 10.3. The average Bonchev–Trinajstić information content (AvgIpc) is 3.30. The summed E-state index contributed by atoms with van der Waals surface area (Å²) in [5.74, 6) is 0.388. The summed E-state index contributed by atoms with van der Waals surface area (Å²) >= 11 is 3.40. The van der Waals surface area contributed by atoms with Crippen LogP contribution in [0.4, 0.5) is 5.69 Å². The van der Waals surface area contributed by atoms with E-state index >= 15 is 0 Å². The summed E-state index contributed by atoms with van der Waals surface area (Å²) < 4.78 is 7.69. The summed E-state index contributed by atoms with van der Waals surface area (Å²) in [7, 11) is 0. The Bertz CT molecular complexity index is 1340. The zero-order chi connectivity index (χ0) is 22.1. The van der Waals surface area contributed by atoms with Gasteiger partial charge >= 0.3 is 0 Å². The van der Waals surface area contributed by atoms with Gasteiger partial charge in [-0.2, -0.15) is 4.98 Å². The number of para-hydroxylation sites is 1. The summed E-state index contributed by atoms with van der Waals surface area (Å²) in [6.45, 7) is 0.583. The molecule has 160 valence electrons. The van der Waals surface area contributed by atoms with Gasteiger partial charge in [0.15, 0.2) is 0 Å². The lowest BCUT2D eigenvalue weighted by Crippen LogP contribution is -2.39. The molecule has 1 aliphatic rings. The smallest absolute Gasteiger partial charge is 0.263 e. The van der Waals surface area contributed by atoms with Crippen LogP contribution >= 0.6 is 15.9 Å². The summed E-state index contributed by atoms with van der Waals surface area (Å²) in [5, 5.41) is 4.00. The predicted octanol–water partition coefficient (Wildman–Crippen LogP) is 4.31. The molecule has 0 spiro atoms. The Labute approximate surface area is 192 Å². The number of anilines is 1. The largest absolute Gasteiger partial charge is 0.333 e. The molecule has 0 atom stereocenters. The average molecular weight is 491 g/mol. The van der Waals surface area contributed by atoms with Crippen LogP contribution < -0.4 is 10.5 Å². The number of halogens is 1. The highest BCUT2D eigenvalue weighted by Gasteiger charge is 2.23. The van der Waals surface area contributed by atoms with Gasteiger partial charge in [0.05, 0.1) is 0 Å². The molecule has 0 N–H and O–H groups in total. The van der Waals surface area contributed by atoms with Gasteiger partial charge in [0.2, 0.25) is 11.7 Å². The number of pyridine rings is 1. The van der Waals surface area contributed by atoms with E-state index in [1.54, 1.807) is 23.2 Å². The van der Waals surface area contributed by atoms with Crippen molar-refractivity contribution >= 4 is 27.5 Å². The molecular formula is C24H19BrN4O3. The Morgan fingerprint density at radius 3 is 2.72 bits per heavy atom. The molecule has 32 heavy (non-hydrogen) atoms. The van der Waals surface area contributed by atoms with Gasteiger partial charge in [-0.15, -0.1) is 0 Å². The third-order valence-electron chi connectivity index (χ3n) is 5.50. The van der Waals surface area contributed by atoms with E-state index in [9.17, 15) is 9.59 Å². The van der Waals surface area contributed by atoms with Crippen LogP contribution in [0.1, 0.15) is 12.0 Å². The van der Waals surface area contributed by atoms with Gasteiger partial charge in [0, 0.05) is 28.5 Å². The minimum atomic E-state index is -0.350. The second-order valence-corrected chi connectivity index (χ2v) is 8.48. The molecule has 0 saturated heterocycles. The van der Waals surface area contributed by atoms with Gasteiger partial charge in [-0.25, -0.2) is 0 Å². The first-order valence-corrected chi connectivity index (χ1v) is 11.1. The molecular weight excluding hydrogens is 472 g/mol. The third-order valence-corrected chi connectivity index (χ3v) is 6.02. The van der Waals surface area contributed by atoms with Crippen molar-refractivity contribution in [2.24, 2.45) is 0 Å². The molecule has 0 radical (unpaired) electrons. The molecule has 5 rings (SSSR count). The van der Waals surface area contributed by atoms with Gasteiger partial charge in [0.25, 0.3) is 11.4 Å². The topological polar surface area (TPSA) is 81.2 Å². The number of nitrogens with zero attached hydrogens (tertiary/aromatic N) is 4. The van der Waals surface area contributed by atoms with E-state index in [0.29, 0.717) is 12.4 Å². The number of amides is 1. The van der Waals surface area contributed by atoms with Gasteiger partial charge in [0.1, 0.15) is 12.1 Å². The van der Waals surface area contributed by atoms with Crippen molar-refractivity contribution in [3.05, 3.63) is 87.3 Å². The lowest BCUT2D eigenvalue weighted by Gasteiger charge is -2.29. The van der Waals surface area contributed by atoms with Crippen molar-refractivity contribution in [2.45, 2.75) is 19.4 Å². The van der Waals surface area contributed by atoms with Crippen LogP contribution in [0.25, 0.3) is 22.8 Å². The molecule has 0 aliphatic carbocycles. The molecule has 0 fully saturated rings. The molecule has 8 heteroatoms. The molecule has 1 amide bonds. The molecule has 0 saturated carbocycles. The second kappa shape index (κ2) is 8.55. The van der Waals surface area contributed by atoms with Crippen molar-refractivity contribution in [2.75, 3.05) is 11.4 Å². The number of rotatable bonds is 4. The van der Waals surface area contributed by atoms with Gasteiger partial charge in [-0.3, -0.25) is 9.59 Å². The van der Waals surface area contributed by atoms with Crippen LogP contribution in [0.2, 0.25) is 0 Å². The van der Waals surface area contributed by atoms with Crippen LogP contribution in [0.3, 0.4) is 0 Å². The fraction of sp³-hybridized carbons (Fsp3) is 0.167. The van der Waals surface area contributed by atoms with E-state index in [-0.39, 0.29) is 29.5 Å². The Morgan fingerprint density at radius 1 is 1.06 bits per heavy atom. The summed E-state index contributed by atoms with van der Waals surface area (Å²) in [5.41, 5.74) is 2.76. The molecule has 3 heterocycles. The monoisotopic (exact) mass is 490 g/mol. The van der Waals surface area contributed by atoms with Crippen LogP contribution in [0.15, 0.2) is 80.7 Å². The minimum Gasteiger partial charge on any atom is -0.333 e. The zero-order valence-electron chi connectivity index (χ0n) is 17.1. The fourth-order valence-electron chi connectivity index (χ4n) is 3.90. The van der Waals surface area contributed by atoms with E-state index < -0.39 is 0 Å². The van der Waals surface area contributed by atoms with E-state index in [2.05, 4.69) is 26.1 Å². The number of aromatic nitrogens is 3. The molecule has 1 aliphatic heterocycles. The number of hydrogen-bond donors (Lipinski definition) is 0. The SMILES string of the molecule is O=C(Cn1cccc(-c2nc(-c3ccc(Br)cc3)no2)c1=O)N1CCCc2ccccc21. The van der Waals surface area contributed by atoms with Gasteiger partial charge < -0.3 is 14.0 Å². The number of hydrogen-bond acceptors (Lipinski definition) is 5. The Kier molecular flexibility index (Phi) is 5.45. The van der Waals surface area contributed by atoms with E-state index in [1.165, 1.54) is 4.57 Å². The van der Waals surface area contributed by atoms with Crippen molar-refractivity contribution in [3.63, 3.8) is 0 Å². The molecule has 7 nitrogen and oxygen atoms in total. The molecule has 0 bridgehead atoms. The Morgan fingerprint density at radius 2 is 1.88 bits per heavy atom. The van der Waals surface area contributed by atoms with Crippen LogP contribution in [0.5, 0.6) is 0 Å².